The molecule has 0 saturated heterocycles. The molecular formula is C44H35BN2. The van der Waals surface area contributed by atoms with Crippen LogP contribution in [0.3, 0.4) is 0 Å². The molecule has 8 rings (SSSR count). The van der Waals surface area contributed by atoms with Crippen LogP contribution in [-0.2, 0) is 0 Å². The Balaban J connectivity index is 1.38. The molecule has 0 unspecified atom stereocenters. The normalized spacial score (nSPS) is 13.5. The van der Waals surface area contributed by atoms with Gasteiger partial charge >= 0.3 is 0 Å². The lowest BCUT2D eigenvalue weighted by atomic mass is 9.33. The molecule has 2 aliphatic heterocycles. The average Bonchev–Trinajstić information content (AvgIpc) is 3.12. The van der Waals surface area contributed by atoms with Gasteiger partial charge in [-0.2, -0.15) is 0 Å². The predicted octanol–water partition coefficient (Wildman–Crippen LogP) is 9.59. The van der Waals surface area contributed by atoms with E-state index < -0.39 is 0 Å². The fourth-order valence-electron chi connectivity index (χ4n) is 7.33. The molecule has 0 bridgehead atoms. The number of anilines is 5. The van der Waals surface area contributed by atoms with E-state index in [1.54, 1.807) is 0 Å². The van der Waals surface area contributed by atoms with Crippen LogP contribution in [0.2, 0.25) is 0 Å². The number of benzene rings is 6. The van der Waals surface area contributed by atoms with Crippen molar-refractivity contribution >= 4 is 57.1 Å². The van der Waals surface area contributed by atoms with Crippen LogP contribution < -0.4 is 26.2 Å². The molecule has 2 heterocycles. The van der Waals surface area contributed by atoms with E-state index in [0.29, 0.717) is 0 Å². The highest BCUT2D eigenvalue weighted by Crippen LogP contribution is 2.43. The number of rotatable bonds is 6. The van der Waals surface area contributed by atoms with Gasteiger partial charge in [0.05, 0.1) is 0 Å². The lowest BCUT2D eigenvalue weighted by molar-refractivity contribution is 1.15. The van der Waals surface area contributed by atoms with Crippen molar-refractivity contribution in [1.82, 2.24) is 0 Å². The summed E-state index contributed by atoms with van der Waals surface area (Å²) in [4.78, 5) is 4.91. The predicted molar refractivity (Wildman–Crippen MR) is 203 cm³/mol. The Labute approximate surface area is 278 Å². The molecule has 0 fully saturated rings. The second kappa shape index (κ2) is 11.9. The second-order valence-electron chi connectivity index (χ2n) is 12.4. The van der Waals surface area contributed by atoms with E-state index in [2.05, 4.69) is 182 Å². The Kier molecular flexibility index (Phi) is 7.23. The summed E-state index contributed by atoms with van der Waals surface area (Å²) in [6, 6.07) is 52.7. The van der Waals surface area contributed by atoms with Gasteiger partial charge in [-0.05, 0) is 101 Å². The summed E-state index contributed by atoms with van der Waals surface area (Å²) < 4.78 is 0. The third-order valence-electron chi connectivity index (χ3n) is 9.42. The Morgan fingerprint density at radius 3 is 2.00 bits per heavy atom. The summed E-state index contributed by atoms with van der Waals surface area (Å²) in [6.07, 6.45) is 6.36. The number of hydrogen-bond donors (Lipinski definition) is 0. The van der Waals surface area contributed by atoms with Crippen molar-refractivity contribution in [3.8, 4) is 11.1 Å². The van der Waals surface area contributed by atoms with Crippen molar-refractivity contribution < 1.29 is 0 Å². The molecular weight excluding hydrogens is 567 g/mol. The van der Waals surface area contributed by atoms with E-state index in [-0.39, 0.29) is 6.71 Å². The average molecular weight is 603 g/mol. The van der Waals surface area contributed by atoms with Crippen LogP contribution in [0.4, 0.5) is 28.4 Å². The van der Waals surface area contributed by atoms with Gasteiger partial charge in [0.2, 0.25) is 0 Å². The van der Waals surface area contributed by atoms with Crippen LogP contribution in [0.1, 0.15) is 18.1 Å². The number of allylic oxidation sites excluding steroid dienone is 5. The summed E-state index contributed by atoms with van der Waals surface area (Å²) in [5.74, 6) is 0. The van der Waals surface area contributed by atoms with Crippen LogP contribution in [0, 0.1) is 6.92 Å². The maximum Gasteiger partial charge on any atom is 0.252 e. The van der Waals surface area contributed by atoms with Crippen molar-refractivity contribution in [2.45, 2.75) is 13.8 Å². The van der Waals surface area contributed by atoms with Crippen molar-refractivity contribution in [3.63, 3.8) is 0 Å². The van der Waals surface area contributed by atoms with Crippen LogP contribution in [0.15, 0.2) is 176 Å². The number of para-hydroxylation sites is 2. The first-order valence-corrected chi connectivity index (χ1v) is 16.3. The van der Waals surface area contributed by atoms with Gasteiger partial charge in [0.25, 0.3) is 6.71 Å². The molecule has 2 nitrogen and oxygen atoms in total. The maximum atomic E-state index is 4.12. The van der Waals surface area contributed by atoms with Crippen LogP contribution >= 0.6 is 0 Å². The van der Waals surface area contributed by atoms with Gasteiger partial charge in [-0.3, -0.25) is 0 Å². The van der Waals surface area contributed by atoms with E-state index in [1.807, 2.05) is 12.1 Å². The fourth-order valence-corrected chi connectivity index (χ4v) is 7.33. The first kappa shape index (κ1) is 28.7. The number of hydrogen-bond acceptors (Lipinski definition) is 2. The second-order valence-corrected chi connectivity index (χ2v) is 12.4. The first-order chi connectivity index (χ1) is 23.1. The van der Waals surface area contributed by atoms with Gasteiger partial charge in [-0.1, -0.05) is 128 Å². The van der Waals surface area contributed by atoms with Gasteiger partial charge in [-0.15, -0.1) is 0 Å². The van der Waals surface area contributed by atoms with Gasteiger partial charge in [0, 0.05) is 34.1 Å². The molecule has 6 aromatic carbocycles. The highest BCUT2D eigenvalue weighted by atomic mass is 15.2. The molecule has 47 heavy (non-hydrogen) atoms. The topological polar surface area (TPSA) is 6.48 Å². The largest absolute Gasteiger partial charge is 0.315 e. The molecule has 224 valence electrons. The smallest absolute Gasteiger partial charge is 0.252 e. The van der Waals surface area contributed by atoms with E-state index in [4.69, 9.17) is 0 Å². The van der Waals surface area contributed by atoms with Gasteiger partial charge in [0.1, 0.15) is 0 Å². The van der Waals surface area contributed by atoms with Crippen molar-refractivity contribution in [3.05, 3.63) is 187 Å². The minimum Gasteiger partial charge on any atom is -0.315 e. The van der Waals surface area contributed by atoms with E-state index >= 15 is 0 Å². The number of nitrogens with zero attached hydrogens (tertiary/aromatic N) is 2. The third kappa shape index (κ3) is 4.92. The molecule has 0 amide bonds. The summed E-state index contributed by atoms with van der Waals surface area (Å²) in [7, 11) is 0. The molecule has 0 aromatic heterocycles. The lowest BCUT2D eigenvalue weighted by Gasteiger charge is -2.44. The molecule has 3 heteroatoms. The minimum atomic E-state index is 0.0862. The summed E-state index contributed by atoms with van der Waals surface area (Å²) >= 11 is 0. The summed E-state index contributed by atoms with van der Waals surface area (Å²) in [5.41, 5.74) is 17.1. The fraction of sp³-hybridized carbons (Fsp3) is 0.0455. The van der Waals surface area contributed by atoms with E-state index in [9.17, 15) is 0 Å². The third-order valence-corrected chi connectivity index (χ3v) is 9.42. The number of fused-ring (bicyclic) bond motifs is 4. The zero-order valence-corrected chi connectivity index (χ0v) is 26.8. The Morgan fingerprint density at radius 2 is 1.26 bits per heavy atom. The highest BCUT2D eigenvalue weighted by Gasteiger charge is 2.43. The summed E-state index contributed by atoms with van der Waals surface area (Å²) in [5, 5.41) is 0. The van der Waals surface area contributed by atoms with Crippen LogP contribution in [0.25, 0.3) is 16.7 Å². The monoisotopic (exact) mass is 602 g/mol. The van der Waals surface area contributed by atoms with Gasteiger partial charge < -0.3 is 9.80 Å². The quantitative estimate of drug-likeness (QED) is 0.138. The molecule has 0 radical (unpaired) electrons. The molecule has 0 aliphatic carbocycles. The Hall–Kier alpha value is -5.80. The molecule has 2 aliphatic rings. The SMILES string of the molecule is C=C/C(=C\C=C(/C)N1c2ccccc2B2c3cc(-c4ccccc4)ccc3N(c3ccccc3)c3cc(C)cc1c32)c1ccccc1. The van der Waals surface area contributed by atoms with Gasteiger partial charge in [-0.25, -0.2) is 0 Å². The molecule has 0 spiro atoms. The zero-order chi connectivity index (χ0) is 31.9. The molecule has 0 saturated carbocycles. The molecule has 6 aromatic rings. The first-order valence-electron chi connectivity index (χ1n) is 16.3. The van der Waals surface area contributed by atoms with Crippen LogP contribution in [-0.4, -0.2) is 6.71 Å². The van der Waals surface area contributed by atoms with Crippen molar-refractivity contribution in [2.24, 2.45) is 0 Å². The maximum absolute atomic E-state index is 4.12. The Bertz CT molecular complexity index is 2180. The van der Waals surface area contributed by atoms with E-state index in [1.165, 1.54) is 55.8 Å². The zero-order valence-electron chi connectivity index (χ0n) is 26.8. The summed E-state index contributed by atoms with van der Waals surface area (Å²) in [6.45, 7) is 8.64. The van der Waals surface area contributed by atoms with E-state index in [0.717, 1.165) is 22.5 Å². The lowest BCUT2D eigenvalue weighted by Crippen LogP contribution is -2.61. The standard InChI is InChI=1S/C44H35BN2/c1-4-33(34-16-8-5-9-17-34)25-24-32(3)46-40-23-15-14-22-38(40)45-39-30-36(35-18-10-6-11-19-35)26-27-41(39)47(37-20-12-7-13-21-37)43-29-31(2)28-42(46)44(43)45/h4-30H,1H2,2-3H3/b32-24+,33-25+. The molecule has 0 N–H and O–H groups in total. The Morgan fingerprint density at radius 1 is 0.596 bits per heavy atom. The van der Waals surface area contributed by atoms with Gasteiger partial charge in [0.15, 0.2) is 0 Å². The van der Waals surface area contributed by atoms with Crippen LogP contribution in [0.5, 0.6) is 0 Å². The highest BCUT2D eigenvalue weighted by molar-refractivity contribution is 7.00. The van der Waals surface area contributed by atoms with Crippen molar-refractivity contribution in [2.75, 3.05) is 9.80 Å². The minimum absolute atomic E-state index is 0.0862. The number of aryl methyl sites for hydroxylation is 1. The van der Waals surface area contributed by atoms with Crippen molar-refractivity contribution in [1.29, 1.82) is 0 Å². The molecule has 0 atom stereocenters.